The Morgan fingerprint density at radius 3 is 2.70 bits per heavy atom. The SMILES string of the molecule is Cc1nscc1-c1cc(C)n2ncc(C(=O)NC(C3CC3)C(F)(F)F)c2n1. The minimum atomic E-state index is -4.48. The zero-order valence-corrected chi connectivity index (χ0v) is 15.4. The summed E-state index contributed by atoms with van der Waals surface area (Å²) in [6.45, 7) is 3.64. The molecule has 1 aliphatic rings. The van der Waals surface area contributed by atoms with Gasteiger partial charge in [0, 0.05) is 16.6 Å². The lowest BCUT2D eigenvalue weighted by molar-refractivity contribution is -0.158. The first-order valence-corrected chi connectivity index (χ1v) is 9.23. The van der Waals surface area contributed by atoms with Crippen molar-refractivity contribution in [2.75, 3.05) is 0 Å². The first-order valence-electron chi connectivity index (χ1n) is 8.40. The van der Waals surface area contributed by atoms with Gasteiger partial charge in [-0.1, -0.05) is 0 Å². The number of carbonyl (C=O) groups is 1. The summed E-state index contributed by atoms with van der Waals surface area (Å²) in [5.74, 6) is -1.37. The van der Waals surface area contributed by atoms with E-state index in [-0.39, 0.29) is 11.2 Å². The van der Waals surface area contributed by atoms with Gasteiger partial charge in [-0.3, -0.25) is 4.79 Å². The van der Waals surface area contributed by atoms with Crippen molar-refractivity contribution in [3.05, 3.63) is 34.6 Å². The van der Waals surface area contributed by atoms with Crippen LogP contribution in [0.15, 0.2) is 17.6 Å². The molecule has 1 fully saturated rings. The largest absolute Gasteiger partial charge is 0.408 e. The van der Waals surface area contributed by atoms with Crippen LogP contribution >= 0.6 is 11.5 Å². The summed E-state index contributed by atoms with van der Waals surface area (Å²) < 4.78 is 45.4. The van der Waals surface area contributed by atoms with Crippen LogP contribution in [0, 0.1) is 19.8 Å². The van der Waals surface area contributed by atoms with Crippen LogP contribution in [-0.2, 0) is 0 Å². The molecule has 27 heavy (non-hydrogen) atoms. The summed E-state index contributed by atoms with van der Waals surface area (Å²) in [4.78, 5) is 17.0. The van der Waals surface area contributed by atoms with Crippen molar-refractivity contribution in [2.45, 2.75) is 38.9 Å². The van der Waals surface area contributed by atoms with Gasteiger partial charge in [0.15, 0.2) is 5.65 Å². The van der Waals surface area contributed by atoms with Crippen LogP contribution in [0.2, 0.25) is 0 Å². The number of amides is 1. The predicted octanol–water partition coefficient (Wildman–Crippen LogP) is 3.54. The van der Waals surface area contributed by atoms with E-state index in [0.29, 0.717) is 24.2 Å². The standard InChI is InChI=1S/C17H16F3N5OS/c1-8-5-13(12-7-27-24-9(12)2)22-15-11(6-21-25(8)15)16(26)23-14(10-3-4-10)17(18,19)20/h5-7,10,14H,3-4H2,1-2H3,(H,23,26). The van der Waals surface area contributed by atoms with Gasteiger partial charge in [0.05, 0.1) is 17.6 Å². The fourth-order valence-corrected chi connectivity index (χ4v) is 3.77. The Balaban J connectivity index is 1.72. The molecule has 142 valence electrons. The van der Waals surface area contributed by atoms with E-state index >= 15 is 0 Å². The lowest BCUT2D eigenvalue weighted by Crippen LogP contribution is -2.46. The van der Waals surface area contributed by atoms with Crippen LogP contribution < -0.4 is 5.32 Å². The summed E-state index contributed by atoms with van der Waals surface area (Å²) in [5, 5.41) is 8.09. The zero-order chi connectivity index (χ0) is 19.3. The highest BCUT2D eigenvalue weighted by molar-refractivity contribution is 7.04. The van der Waals surface area contributed by atoms with Gasteiger partial charge in [0.2, 0.25) is 0 Å². The second-order valence-electron chi connectivity index (χ2n) is 6.72. The van der Waals surface area contributed by atoms with Crippen LogP contribution in [0.5, 0.6) is 0 Å². The molecule has 10 heteroatoms. The van der Waals surface area contributed by atoms with E-state index < -0.39 is 24.0 Å². The van der Waals surface area contributed by atoms with Gasteiger partial charge in [0.1, 0.15) is 11.6 Å². The zero-order valence-electron chi connectivity index (χ0n) is 14.5. The van der Waals surface area contributed by atoms with Crippen LogP contribution in [0.3, 0.4) is 0 Å². The highest BCUT2D eigenvalue weighted by atomic mass is 32.1. The molecule has 0 spiro atoms. The molecule has 0 radical (unpaired) electrons. The first-order chi connectivity index (χ1) is 12.8. The number of halogens is 3. The number of nitrogens with one attached hydrogen (secondary N) is 1. The van der Waals surface area contributed by atoms with Gasteiger partial charge in [-0.2, -0.15) is 22.6 Å². The summed E-state index contributed by atoms with van der Waals surface area (Å²) >= 11 is 1.29. The second kappa shape index (κ2) is 6.29. The molecule has 1 amide bonds. The normalized spacial score (nSPS) is 15.9. The number of nitrogens with zero attached hydrogens (tertiary/aromatic N) is 4. The molecule has 1 aliphatic carbocycles. The molecule has 0 aromatic carbocycles. The Labute approximate surface area is 156 Å². The lowest BCUT2D eigenvalue weighted by atomic mass is 10.1. The Hall–Kier alpha value is -2.49. The third-order valence-corrected chi connectivity index (χ3v) is 5.37. The molecule has 3 aromatic rings. The summed E-state index contributed by atoms with van der Waals surface area (Å²) in [6.07, 6.45) is -2.29. The monoisotopic (exact) mass is 395 g/mol. The minimum absolute atomic E-state index is 0.0238. The van der Waals surface area contributed by atoms with Crippen molar-refractivity contribution in [3.8, 4) is 11.3 Å². The van der Waals surface area contributed by atoms with Gasteiger partial charge in [-0.15, -0.1) is 0 Å². The van der Waals surface area contributed by atoms with Gasteiger partial charge >= 0.3 is 6.18 Å². The predicted molar refractivity (Wildman–Crippen MR) is 93.6 cm³/mol. The third kappa shape index (κ3) is 3.29. The third-order valence-electron chi connectivity index (χ3n) is 4.65. The molecule has 4 rings (SSSR count). The highest BCUT2D eigenvalue weighted by Crippen LogP contribution is 2.40. The van der Waals surface area contributed by atoms with Crippen LogP contribution in [-0.4, -0.2) is 37.1 Å². The van der Waals surface area contributed by atoms with Crippen molar-refractivity contribution in [1.29, 1.82) is 0 Å². The van der Waals surface area contributed by atoms with Crippen LogP contribution in [0.1, 0.15) is 34.6 Å². The average Bonchev–Trinajstić information content (AvgIpc) is 3.17. The molecular formula is C17H16F3N5OS. The van der Waals surface area contributed by atoms with E-state index in [1.807, 2.05) is 12.3 Å². The van der Waals surface area contributed by atoms with E-state index in [9.17, 15) is 18.0 Å². The number of hydrogen-bond donors (Lipinski definition) is 1. The fourth-order valence-electron chi connectivity index (χ4n) is 3.06. The Morgan fingerprint density at radius 1 is 1.37 bits per heavy atom. The fraction of sp³-hybridized carbons (Fsp3) is 0.412. The van der Waals surface area contributed by atoms with Crippen molar-refractivity contribution >= 4 is 23.1 Å². The quantitative estimate of drug-likeness (QED) is 0.734. The molecule has 1 atom stereocenters. The minimum Gasteiger partial charge on any atom is -0.340 e. The molecule has 1 saturated carbocycles. The molecule has 1 N–H and O–H groups in total. The Bertz CT molecular complexity index is 1020. The van der Waals surface area contributed by atoms with Crippen LogP contribution in [0.25, 0.3) is 16.9 Å². The number of aryl methyl sites for hydroxylation is 2. The summed E-state index contributed by atoms with van der Waals surface area (Å²) in [6, 6.07) is -0.0336. The van der Waals surface area contributed by atoms with Gasteiger partial charge in [-0.25, -0.2) is 9.50 Å². The molecule has 0 saturated heterocycles. The number of aromatic nitrogens is 4. The maximum atomic E-state index is 13.2. The van der Waals surface area contributed by atoms with Crippen molar-refractivity contribution in [2.24, 2.45) is 5.92 Å². The molecule has 3 heterocycles. The van der Waals surface area contributed by atoms with Crippen molar-refractivity contribution < 1.29 is 18.0 Å². The average molecular weight is 395 g/mol. The number of alkyl halides is 3. The van der Waals surface area contributed by atoms with Crippen molar-refractivity contribution in [3.63, 3.8) is 0 Å². The number of hydrogen-bond acceptors (Lipinski definition) is 5. The second-order valence-corrected chi connectivity index (χ2v) is 7.35. The lowest BCUT2D eigenvalue weighted by Gasteiger charge is -2.20. The van der Waals surface area contributed by atoms with E-state index in [1.54, 1.807) is 13.0 Å². The maximum absolute atomic E-state index is 13.2. The number of fused-ring (bicyclic) bond motifs is 1. The molecule has 0 bridgehead atoms. The summed E-state index contributed by atoms with van der Waals surface area (Å²) in [7, 11) is 0. The first kappa shape index (κ1) is 17.9. The topological polar surface area (TPSA) is 72.2 Å². The van der Waals surface area contributed by atoms with Crippen molar-refractivity contribution in [1.82, 2.24) is 24.3 Å². The van der Waals surface area contributed by atoms with Gasteiger partial charge < -0.3 is 5.32 Å². The van der Waals surface area contributed by atoms with Gasteiger partial charge in [-0.05, 0) is 50.2 Å². The molecule has 0 aliphatic heterocycles. The highest BCUT2D eigenvalue weighted by Gasteiger charge is 2.49. The van der Waals surface area contributed by atoms with E-state index in [0.717, 1.165) is 11.3 Å². The smallest absolute Gasteiger partial charge is 0.340 e. The van der Waals surface area contributed by atoms with Crippen LogP contribution in [0.4, 0.5) is 13.2 Å². The number of rotatable bonds is 4. The van der Waals surface area contributed by atoms with Gasteiger partial charge in [0.25, 0.3) is 5.91 Å². The number of carbonyl (C=O) groups excluding carboxylic acids is 1. The molecule has 3 aromatic heterocycles. The van der Waals surface area contributed by atoms with E-state index in [4.69, 9.17) is 0 Å². The van der Waals surface area contributed by atoms with E-state index in [1.165, 1.54) is 22.2 Å². The molecular weight excluding hydrogens is 379 g/mol. The molecule has 1 unspecified atom stereocenters. The maximum Gasteiger partial charge on any atom is 0.408 e. The molecule has 6 nitrogen and oxygen atoms in total. The Kier molecular flexibility index (Phi) is 4.17. The Morgan fingerprint density at radius 2 is 2.11 bits per heavy atom. The summed E-state index contributed by atoms with van der Waals surface area (Å²) in [5.41, 5.74) is 3.20. The van der Waals surface area contributed by atoms with E-state index in [2.05, 4.69) is 19.8 Å².